The fourth-order valence-electron chi connectivity index (χ4n) is 4.30. The van der Waals surface area contributed by atoms with Crippen molar-refractivity contribution >= 4 is 27.1 Å². The SMILES string of the molecule is C=S1(=O)CCC(C(=O)N2CCN(c3cnc(C(F)(F)F)cn3)CC2c2ccc(F)cc2)CC1. The third-order valence-corrected chi connectivity index (χ3v) is 8.16. The van der Waals surface area contributed by atoms with Gasteiger partial charge in [-0.15, -0.1) is 0 Å². The van der Waals surface area contributed by atoms with Crippen molar-refractivity contribution in [1.29, 1.82) is 0 Å². The molecule has 1 amide bonds. The van der Waals surface area contributed by atoms with Gasteiger partial charge < -0.3 is 9.80 Å². The van der Waals surface area contributed by atoms with Crippen LogP contribution in [0.15, 0.2) is 36.7 Å². The highest BCUT2D eigenvalue weighted by atomic mass is 32.2. The van der Waals surface area contributed by atoms with Crippen molar-refractivity contribution in [2.24, 2.45) is 5.92 Å². The topological polar surface area (TPSA) is 66.4 Å². The number of amides is 1. The van der Waals surface area contributed by atoms with Gasteiger partial charge in [0.1, 0.15) is 11.6 Å². The number of alkyl halides is 3. The van der Waals surface area contributed by atoms with E-state index in [4.69, 9.17) is 0 Å². The van der Waals surface area contributed by atoms with Gasteiger partial charge in [-0.3, -0.25) is 9.00 Å². The third-order valence-electron chi connectivity index (χ3n) is 6.20. The Balaban J connectivity index is 1.57. The lowest BCUT2D eigenvalue weighted by atomic mass is 9.96. The van der Waals surface area contributed by atoms with Gasteiger partial charge in [-0.25, -0.2) is 14.4 Å². The fourth-order valence-corrected chi connectivity index (χ4v) is 5.93. The van der Waals surface area contributed by atoms with Crippen LogP contribution in [0.2, 0.25) is 0 Å². The lowest BCUT2D eigenvalue weighted by Crippen LogP contribution is -2.53. The van der Waals surface area contributed by atoms with E-state index in [9.17, 15) is 26.6 Å². The molecule has 2 fully saturated rings. The Hall–Kier alpha value is -2.69. The van der Waals surface area contributed by atoms with Crippen LogP contribution in [0.4, 0.5) is 23.4 Å². The Kier molecular flexibility index (Phi) is 6.35. The molecule has 2 aliphatic rings. The minimum atomic E-state index is -4.58. The molecule has 0 saturated carbocycles. The molecule has 6 nitrogen and oxygen atoms in total. The van der Waals surface area contributed by atoms with Crippen molar-refractivity contribution < 1.29 is 26.6 Å². The first-order valence-corrected chi connectivity index (χ1v) is 12.6. The zero-order chi connectivity index (χ0) is 23.8. The van der Waals surface area contributed by atoms with Gasteiger partial charge in [0, 0.05) is 37.1 Å². The first kappa shape index (κ1) is 23.5. The number of rotatable bonds is 3. The van der Waals surface area contributed by atoms with Crippen molar-refractivity contribution in [3.8, 4) is 0 Å². The Morgan fingerprint density at radius 2 is 1.73 bits per heavy atom. The molecule has 3 heterocycles. The van der Waals surface area contributed by atoms with Crippen LogP contribution >= 0.6 is 0 Å². The number of carbonyl (C=O) groups is 1. The summed E-state index contributed by atoms with van der Waals surface area (Å²) in [5.74, 6) is 4.11. The number of hydrogen-bond donors (Lipinski definition) is 0. The Labute approximate surface area is 189 Å². The second-order valence-electron chi connectivity index (χ2n) is 8.45. The van der Waals surface area contributed by atoms with Crippen molar-refractivity contribution in [2.45, 2.75) is 25.1 Å². The first-order valence-electron chi connectivity index (χ1n) is 10.6. The van der Waals surface area contributed by atoms with E-state index in [0.717, 1.165) is 6.20 Å². The van der Waals surface area contributed by atoms with Crippen LogP contribution in [0.5, 0.6) is 0 Å². The summed E-state index contributed by atoms with van der Waals surface area (Å²) in [6, 6.07) is 5.39. The second-order valence-corrected chi connectivity index (χ2v) is 11.2. The summed E-state index contributed by atoms with van der Waals surface area (Å²) in [5, 5.41) is 0. The van der Waals surface area contributed by atoms with Gasteiger partial charge in [-0.1, -0.05) is 12.1 Å². The summed E-state index contributed by atoms with van der Waals surface area (Å²) in [7, 11) is -2.13. The van der Waals surface area contributed by atoms with Crippen LogP contribution in [-0.2, 0) is 20.5 Å². The number of halogens is 4. The third kappa shape index (κ3) is 5.29. The van der Waals surface area contributed by atoms with Crippen molar-refractivity contribution in [1.82, 2.24) is 14.9 Å². The molecule has 1 aromatic heterocycles. The standard InChI is InChI=1S/C22H24F4N4O2S/c1-33(32)10-6-16(7-11-33)21(31)30-9-8-29(14-18(30)15-2-4-17(23)5-3-15)20-13-27-19(12-28-20)22(24,25)26/h2-5,12-13,16,18H,1,6-11,14H2. The molecule has 2 aromatic rings. The molecule has 1 unspecified atom stereocenters. The number of aromatic nitrogens is 2. The maximum absolute atomic E-state index is 13.5. The molecule has 0 aliphatic carbocycles. The number of nitrogens with zero attached hydrogens (tertiary/aromatic N) is 4. The van der Waals surface area contributed by atoms with E-state index in [-0.39, 0.29) is 24.2 Å². The lowest BCUT2D eigenvalue weighted by molar-refractivity contribution is -0.141. The van der Waals surface area contributed by atoms with Gasteiger partial charge in [-0.2, -0.15) is 13.2 Å². The molecule has 1 aromatic carbocycles. The van der Waals surface area contributed by atoms with Gasteiger partial charge in [0.15, 0.2) is 5.69 Å². The average molecular weight is 485 g/mol. The van der Waals surface area contributed by atoms with Crippen LogP contribution in [0.1, 0.15) is 30.1 Å². The summed E-state index contributed by atoms with van der Waals surface area (Å²) in [6.45, 7) is 0.957. The first-order chi connectivity index (χ1) is 15.5. The molecule has 0 N–H and O–H groups in total. The fraction of sp³-hybridized carbons (Fsp3) is 0.455. The number of hydrogen-bond acceptors (Lipinski definition) is 5. The quantitative estimate of drug-likeness (QED) is 0.495. The highest BCUT2D eigenvalue weighted by molar-refractivity contribution is 8.00. The van der Waals surface area contributed by atoms with Crippen molar-refractivity contribution in [2.75, 3.05) is 36.0 Å². The number of carbonyl (C=O) groups excluding carboxylic acids is 1. The van der Waals surface area contributed by atoms with E-state index < -0.39 is 33.3 Å². The van der Waals surface area contributed by atoms with Crippen LogP contribution in [0.25, 0.3) is 0 Å². The number of anilines is 1. The molecule has 11 heteroatoms. The largest absolute Gasteiger partial charge is 0.434 e. The van der Waals surface area contributed by atoms with E-state index in [1.54, 1.807) is 21.9 Å². The molecule has 2 saturated heterocycles. The predicted molar refractivity (Wildman–Crippen MR) is 118 cm³/mol. The van der Waals surface area contributed by atoms with E-state index in [0.29, 0.717) is 49.2 Å². The molecular formula is C22H24F4N4O2S. The monoisotopic (exact) mass is 484 g/mol. The van der Waals surface area contributed by atoms with Gasteiger partial charge in [-0.05, 0) is 45.9 Å². The maximum atomic E-state index is 13.5. The zero-order valence-electron chi connectivity index (χ0n) is 17.8. The van der Waals surface area contributed by atoms with Crippen LogP contribution in [0.3, 0.4) is 0 Å². The second kappa shape index (κ2) is 8.92. The predicted octanol–water partition coefficient (Wildman–Crippen LogP) is 3.15. The maximum Gasteiger partial charge on any atom is 0.434 e. The van der Waals surface area contributed by atoms with Crippen LogP contribution in [-0.4, -0.2) is 62.0 Å². The molecule has 178 valence electrons. The smallest absolute Gasteiger partial charge is 0.351 e. The lowest BCUT2D eigenvalue weighted by Gasteiger charge is -2.43. The van der Waals surface area contributed by atoms with Gasteiger partial charge in [0.2, 0.25) is 5.91 Å². The highest BCUT2D eigenvalue weighted by Gasteiger charge is 2.37. The molecule has 0 radical (unpaired) electrons. The minimum absolute atomic E-state index is 0.0580. The Morgan fingerprint density at radius 3 is 2.30 bits per heavy atom. The zero-order valence-corrected chi connectivity index (χ0v) is 18.6. The molecule has 0 bridgehead atoms. The summed E-state index contributed by atoms with van der Waals surface area (Å²) in [6.07, 6.45) is -1.80. The Bertz CT molecular complexity index is 1090. The molecule has 2 aliphatic heterocycles. The van der Waals surface area contributed by atoms with Crippen molar-refractivity contribution in [3.63, 3.8) is 0 Å². The summed E-state index contributed by atoms with van der Waals surface area (Å²) in [5.41, 5.74) is -0.361. The van der Waals surface area contributed by atoms with Gasteiger partial charge >= 0.3 is 6.18 Å². The molecule has 4 rings (SSSR count). The van der Waals surface area contributed by atoms with Gasteiger partial charge in [0.25, 0.3) is 0 Å². The van der Waals surface area contributed by atoms with E-state index >= 15 is 0 Å². The molecule has 33 heavy (non-hydrogen) atoms. The summed E-state index contributed by atoms with van der Waals surface area (Å²) < 4.78 is 64.2. The number of benzene rings is 1. The molecule has 0 spiro atoms. The summed E-state index contributed by atoms with van der Waals surface area (Å²) in [4.78, 5) is 24.3. The van der Waals surface area contributed by atoms with Crippen molar-refractivity contribution in [3.05, 3.63) is 53.7 Å². The molecular weight excluding hydrogens is 460 g/mol. The van der Waals surface area contributed by atoms with E-state index in [2.05, 4.69) is 15.8 Å². The molecule has 1 atom stereocenters. The van der Waals surface area contributed by atoms with E-state index in [1.165, 1.54) is 12.1 Å². The van der Waals surface area contributed by atoms with Crippen LogP contribution < -0.4 is 4.90 Å². The highest BCUT2D eigenvalue weighted by Crippen LogP contribution is 2.32. The number of piperazine rings is 1. The average Bonchev–Trinajstić information content (AvgIpc) is 2.78. The van der Waals surface area contributed by atoms with Gasteiger partial charge in [0.05, 0.1) is 18.4 Å². The van der Waals surface area contributed by atoms with E-state index in [1.807, 2.05) is 0 Å². The summed E-state index contributed by atoms with van der Waals surface area (Å²) >= 11 is 0. The minimum Gasteiger partial charge on any atom is -0.351 e. The Morgan fingerprint density at radius 1 is 1.06 bits per heavy atom. The normalized spacial score (nSPS) is 26.3. The van der Waals surface area contributed by atoms with Crippen LogP contribution in [0, 0.1) is 11.7 Å².